The highest BCUT2D eigenvalue weighted by atomic mass is 32.2. The van der Waals surface area contributed by atoms with Crippen LogP contribution in [-0.2, 0) is 29.2 Å². The maximum atomic E-state index is 12.1. The standard InChI is InChI=1S/C21H25N3O6S2/c1-21(20(25)23-26,32(3,28)29)13-17-12-19(24-30-17)16-6-4-14(5-7-16)15-8-10-18(11-9-15)31(2,22)27/h4-11,17,22,26H,12-13H2,1-3H3,(H,23,25)/t17-,21?,31?/m1/s1. The van der Waals surface area contributed by atoms with Crippen molar-refractivity contribution in [2.24, 2.45) is 5.16 Å². The second kappa shape index (κ2) is 8.64. The van der Waals surface area contributed by atoms with Crippen LogP contribution in [0.25, 0.3) is 11.1 Å². The smallest absolute Gasteiger partial charge is 0.264 e. The SMILES string of the molecule is CC(C[C@H]1CC(c2ccc(-c3ccc(S(C)(=N)=O)cc3)cc2)=NO1)(C(=O)NO)S(C)(=O)=O. The summed E-state index contributed by atoms with van der Waals surface area (Å²) in [4.78, 5) is 17.9. The van der Waals surface area contributed by atoms with Crippen molar-refractivity contribution < 1.29 is 27.5 Å². The lowest BCUT2D eigenvalue weighted by molar-refractivity contribution is -0.132. The summed E-state index contributed by atoms with van der Waals surface area (Å²) in [6.45, 7) is 1.24. The molecule has 3 N–H and O–H groups in total. The van der Waals surface area contributed by atoms with E-state index < -0.39 is 36.3 Å². The molecule has 172 valence electrons. The molecule has 0 saturated heterocycles. The van der Waals surface area contributed by atoms with Crippen LogP contribution in [0.1, 0.15) is 25.3 Å². The Morgan fingerprint density at radius 2 is 1.59 bits per heavy atom. The Hall–Kier alpha value is -2.76. The van der Waals surface area contributed by atoms with Gasteiger partial charge in [-0.25, -0.2) is 22.9 Å². The number of oxime groups is 1. The van der Waals surface area contributed by atoms with Crippen molar-refractivity contribution in [2.45, 2.75) is 35.5 Å². The summed E-state index contributed by atoms with van der Waals surface area (Å²) in [6, 6.07) is 14.5. The third-order valence-corrected chi connectivity index (χ3v) is 8.77. The molecule has 1 aliphatic heterocycles. The van der Waals surface area contributed by atoms with Crippen LogP contribution in [0.4, 0.5) is 0 Å². The van der Waals surface area contributed by atoms with E-state index in [0.29, 0.717) is 17.0 Å². The number of nitrogens with zero attached hydrogens (tertiary/aromatic N) is 1. The van der Waals surface area contributed by atoms with Crippen molar-refractivity contribution in [1.29, 1.82) is 4.78 Å². The van der Waals surface area contributed by atoms with Gasteiger partial charge < -0.3 is 4.84 Å². The van der Waals surface area contributed by atoms with Crippen LogP contribution in [-0.4, -0.2) is 52.8 Å². The van der Waals surface area contributed by atoms with Gasteiger partial charge in [-0.1, -0.05) is 41.6 Å². The molecular weight excluding hydrogens is 454 g/mol. The molecule has 3 atom stereocenters. The minimum atomic E-state index is -3.83. The molecule has 11 heteroatoms. The number of hydrogen-bond donors (Lipinski definition) is 3. The van der Waals surface area contributed by atoms with E-state index >= 15 is 0 Å². The van der Waals surface area contributed by atoms with Gasteiger partial charge in [0.2, 0.25) is 0 Å². The summed E-state index contributed by atoms with van der Waals surface area (Å²) in [5, 5.41) is 13.0. The Morgan fingerprint density at radius 1 is 1.09 bits per heavy atom. The zero-order valence-corrected chi connectivity index (χ0v) is 19.5. The highest BCUT2D eigenvalue weighted by Gasteiger charge is 2.47. The quantitative estimate of drug-likeness (QED) is 0.411. The van der Waals surface area contributed by atoms with Gasteiger partial charge in [-0.15, -0.1) is 0 Å². The van der Waals surface area contributed by atoms with Gasteiger partial charge in [-0.05, 0) is 35.7 Å². The molecule has 0 saturated carbocycles. The third-order valence-electron chi connectivity index (χ3n) is 5.61. The predicted octanol–water partition coefficient (Wildman–Crippen LogP) is 2.58. The molecule has 1 amide bonds. The van der Waals surface area contributed by atoms with Gasteiger partial charge in [-0.3, -0.25) is 10.0 Å². The second-order valence-corrected chi connectivity index (χ2v) is 12.7. The van der Waals surface area contributed by atoms with Gasteiger partial charge >= 0.3 is 0 Å². The van der Waals surface area contributed by atoms with E-state index in [1.807, 2.05) is 36.4 Å². The van der Waals surface area contributed by atoms with E-state index in [1.54, 1.807) is 12.1 Å². The van der Waals surface area contributed by atoms with Gasteiger partial charge in [-0.2, -0.15) is 0 Å². The predicted molar refractivity (Wildman–Crippen MR) is 121 cm³/mol. The lowest BCUT2D eigenvalue weighted by Gasteiger charge is -2.26. The first-order valence-corrected chi connectivity index (χ1v) is 13.5. The number of amides is 1. The van der Waals surface area contributed by atoms with Gasteiger partial charge in [0.05, 0.1) is 15.4 Å². The summed E-state index contributed by atoms with van der Waals surface area (Å²) in [6.07, 6.45) is 1.83. The fourth-order valence-electron chi connectivity index (χ4n) is 3.44. The van der Waals surface area contributed by atoms with Crippen LogP contribution in [0.3, 0.4) is 0 Å². The zero-order valence-electron chi connectivity index (χ0n) is 17.9. The molecule has 0 aromatic heterocycles. The van der Waals surface area contributed by atoms with Crippen LogP contribution >= 0.6 is 0 Å². The summed E-state index contributed by atoms with van der Waals surface area (Å²) in [7, 11) is -6.59. The molecule has 2 aromatic rings. The molecule has 1 aliphatic rings. The van der Waals surface area contributed by atoms with E-state index in [2.05, 4.69) is 5.16 Å². The van der Waals surface area contributed by atoms with E-state index in [1.165, 1.54) is 18.7 Å². The van der Waals surface area contributed by atoms with Crippen LogP contribution in [0, 0.1) is 4.78 Å². The Balaban J connectivity index is 1.72. The van der Waals surface area contributed by atoms with Gasteiger partial charge in [0.1, 0.15) is 6.10 Å². The number of hydroxylamine groups is 1. The molecule has 2 aromatic carbocycles. The molecule has 1 heterocycles. The summed E-state index contributed by atoms with van der Waals surface area (Å²) < 4.78 is 41.9. The number of hydrogen-bond acceptors (Lipinski definition) is 8. The van der Waals surface area contributed by atoms with E-state index in [4.69, 9.17) is 14.8 Å². The lowest BCUT2D eigenvalue weighted by Crippen LogP contribution is -2.51. The molecule has 0 aliphatic carbocycles. The maximum Gasteiger partial charge on any atom is 0.264 e. The molecule has 0 radical (unpaired) electrons. The second-order valence-electron chi connectivity index (χ2n) is 8.06. The van der Waals surface area contributed by atoms with Crippen molar-refractivity contribution in [3.05, 3.63) is 54.1 Å². The zero-order chi connectivity index (χ0) is 23.7. The van der Waals surface area contributed by atoms with Gasteiger partial charge in [0, 0.05) is 30.2 Å². The minimum Gasteiger partial charge on any atom is -0.392 e. The average molecular weight is 480 g/mol. The fraction of sp³-hybridized carbons (Fsp3) is 0.333. The fourth-order valence-corrected chi connectivity index (χ4v) is 4.96. The Labute approximate surface area is 187 Å². The van der Waals surface area contributed by atoms with Gasteiger partial charge in [0.25, 0.3) is 5.91 Å². The van der Waals surface area contributed by atoms with Crippen molar-refractivity contribution in [2.75, 3.05) is 12.5 Å². The average Bonchev–Trinajstić information content (AvgIpc) is 3.20. The van der Waals surface area contributed by atoms with Crippen LogP contribution < -0.4 is 5.48 Å². The summed E-state index contributed by atoms with van der Waals surface area (Å²) in [5.41, 5.74) is 4.67. The normalized spacial score (nSPS) is 19.9. The van der Waals surface area contributed by atoms with Crippen molar-refractivity contribution in [3.63, 3.8) is 0 Å². The molecule has 32 heavy (non-hydrogen) atoms. The first kappa shape index (κ1) is 23.9. The number of rotatable bonds is 7. The monoisotopic (exact) mass is 479 g/mol. The summed E-state index contributed by atoms with van der Waals surface area (Å²) >= 11 is 0. The van der Waals surface area contributed by atoms with Crippen LogP contribution in [0.15, 0.2) is 58.6 Å². The number of sulfone groups is 1. The van der Waals surface area contributed by atoms with Crippen LogP contribution in [0.2, 0.25) is 0 Å². The number of benzene rings is 2. The number of carbonyl (C=O) groups is 1. The van der Waals surface area contributed by atoms with Crippen LogP contribution in [0.5, 0.6) is 0 Å². The van der Waals surface area contributed by atoms with E-state index in [0.717, 1.165) is 22.9 Å². The summed E-state index contributed by atoms with van der Waals surface area (Å²) in [5.74, 6) is -1.02. The maximum absolute atomic E-state index is 12.1. The molecule has 0 bridgehead atoms. The molecular formula is C21H25N3O6S2. The van der Waals surface area contributed by atoms with Crippen molar-refractivity contribution in [3.8, 4) is 11.1 Å². The van der Waals surface area contributed by atoms with Crippen molar-refractivity contribution >= 4 is 31.2 Å². The first-order chi connectivity index (χ1) is 14.8. The number of nitrogens with one attached hydrogen (secondary N) is 2. The highest BCUT2D eigenvalue weighted by Crippen LogP contribution is 2.30. The van der Waals surface area contributed by atoms with E-state index in [-0.39, 0.29) is 6.42 Å². The molecule has 0 fully saturated rings. The van der Waals surface area contributed by atoms with Gasteiger partial charge in [0.15, 0.2) is 14.6 Å². The molecule has 9 nitrogen and oxygen atoms in total. The third kappa shape index (κ3) is 4.84. The van der Waals surface area contributed by atoms with E-state index in [9.17, 15) is 17.4 Å². The largest absolute Gasteiger partial charge is 0.392 e. The molecule has 0 spiro atoms. The molecule has 2 unspecified atom stereocenters. The number of carbonyl (C=O) groups excluding carboxylic acids is 1. The topological polar surface area (TPSA) is 146 Å². The lowest BCUT2D eigenvalue weighted by atomic mass is 9.95. The Kier molecular flexibility index (Phi) is 6.45. The Morgan fingerprint density at radius 3 is 2.06 bits per heavy atom. The highest BCUT2D eigenvalue weighted by molar-refractivity contribution is 7.92. The molecule has 3 rings (SSSR count). The van der Waals surface area contributed by atoms with Crippen molar-refractivity contribution in [1.82, 2.24) is 5.48 Å². The Bertz CT molecular complexity index is 1250. The minimum absolute atomic E-state index is 0.160. The first-order valence-electron chi connectivity index (χ1n) is 9.66.